The molecule has 0 radical (unpaired) electrons. The number of methoxy groups -OCH3 is 1. The second kappa shape index (κ2) is 8.57. The van der Waals surface area contributed by atoms with Crippen LogP contribution in [0.5, 0.6) is 5.75 Å². The second-order valence-corrected chi connectivity index (χ2v) is 11.6. The number of carbonyl (C=O) groups excluding carboxylic acids is 1. The summed E-state index contributed by atoms with van der Waals surface area (Å²) in [5.41, 5.74) is 1.73. The van der Waals surface area contributed by atoms with Gasteiger partial charge in [-0.3, -0.25) is 14.2 Å². The lowest BCUT2D eigenvalue weighted by Gasteiger charge is -2.40. The van der Waals surface area contributed by atoms with Crippen LogP contribution in [0.15, 0.2) is 58.4 Å². The second-order valence-electron chi connectivity index (χ2n) is 9.42. The monoisotopic (exact) mass is 496 g/mol. The molecule has 34 heavy (non-hydrogen) atoms. The van der Waals surface area contributed by atoms with Crippen LogP contribution < -0.4 is 14.9 Å². The highest BCUT2D eigenvalue weighted by atomic mass is 32.2. The topological polar surface area (TPSA) is 60.3 Å². The van der Waals surface area contributed by atoms with Gasteiger partial charge in [-0.2, -0.15) is 0 Å². The number of nitrogens with zero attached hydrogens (tertiary/aromatic N) is 1. The first-order chi connectivity index (χ1) is 16.5. The number of carbonyl (C=O) groups is 1. The predicted octanol–water partition coefficient (Wildman–Crippen LogP) is 5.35. The summed E-state index contributed by atoms with van der Waals surface area (Å²) in [6.45, 7) is -0.0458. The summed E-state index contributed by atoms with van der Waals surface area (Å²) >= 11 is 3.10. The normalized spacial score (nSPS) is 26.7. The van der Waals surface area contributed by atoms with Gasteiger partial charge in [-0.1, -0.05) is 23.5 Å². The van der Waals surface area contributed by atoms with Crippen LogP contribution in [0.2, 0.25) is 0 Å². The van der Waals surface area contributed by atoms with Gasteiger partial charge in [0.2, 0.25) is 5.91 Å². The zero-order chi connectivity index (χ0) is 23.4. The molecule has 2 heterocycles. The van der Waals surface area contributed by atoms with Crippen molar-refractivity contribution in [3.05, 3.63) is 74.5 Å². The largest absolute Gasteiger partial charge is 0.497 e. The molecule has 176 valence electrons. The maximum absolute atomic E-state index is 13.2. The van der Waals surface area contributed by atoms with E-state index in [9.17, 15) is 14.0 Å². The number of benzene rings is 2. The summed E-state index contributed by atoms with van der Waals surface area (Å²) in [6, 6.07) is 13.9. The number of thioether (sulfide) groups is 1. The molecule has 2 fully saturated rings. The van der Waals surface area contributed by atoms with E-state index in [0.717, 1.165) is 15.7 Å². The highest BCUT2D eigenvalue weighted by Gasteiger charge is 2.55. The summed E-state index contributed by atoms with van der Waals surface area (Å²) in [5.74, 6) is 2.22. The lowest BCUT2D eigenvalue weighted by Crippen LogP contribution is -2.34. The Morgan fingerprint density at radius 1 is 1.12 bits per heavy atom. The van der Waals surface area contributed by atoms with Crippen molar-refractivity contribution in [2.24, 2.45) is 17.8 Å². The quantitative estimate of drug-likeness (QED) is 0.517. The zero-order valence-electron chi connectivity index (χ0n) is 18.7. The number of nitrogens with one attached hydrogen (secondary N) is 1. The van der Waals surface area contributed by atoms with Gasteiger partial charge >= 0.3 is 4.87 Å². The Morgan fingerprint density at radius 2 is 1.85 bits per heavy atom. The van der Waals surface area contributed by atoms with Gasteiger partial charge < -0.3 is 10.1 Å². The third-order valence-corrected chi connectivity index (χ3v) is 10.4. The van der Waals surface area contributed by atoms with Crippen LogP contribution in [0.1, 0.15) is 35.6 Å². The van der Waals surface area contributed by atoms with Gasteiger partial charge in [-0.25, -0.2) is 4.39 Å². The Balaban J connectivity index is 1.35. The van der Waals surface area contributed by atoms with Gasteiger partial charge in [0.25, 0.3) is 0 Å². The first kappa shape index (κ1) is 21.9. The summed E-state index contributed by atoms with van der Waals surface area (Å²) in [6.07, 6.45) is 3.78. The highest BCUT2D eigenvalue weighted by Crippen LogP contribution is 2.64. The molecule has 1 aromatic heterocycles. The van der Waals surface area contributed by atoms with Gasteiger partial charge in [0.1, 0.15) is 18.1 Å². The van der Waals surface area contributed by atoms with Gasteiger partial charge in [0.05, 0.1) is 12.1 Å². The molecule has 1 N–H and O–H groups in total. The van der Waals surface area contributed by atoms with Crippen LogP contribution >= 0.6 is 23.1 Å². The fourth-order valence-electron chi connectivity index (χ4n) is 6.15. The van der Waals surface area contributed by atoms with E-state index in [1.165, 1.54) is 60.4 Å². The van der Waals surface area contributed by atoms with Gasteiger partial charge in [0, 0.05) is 21.7 Å². The molecule has 4 unspecified atom stereocenters. The molecule has 2 aromatic carbocycles. The number of thiazole rings is 1. The molecule has 8 heteroatoms. The van der Waals surface area contributed by atoms with Crippen LogP contribution in [-0.4, -0.2) is 22.8 Å². The third kappa shape index (κ3) is 3.67. The standard InChI is InChI=1S/C26H25FN2O3S2/c1-32-19-10-4-14(5-11-19)21-22-15-2-3-16(12-15)23(22)33-25-24(21)34-26(31)29(25)13-20(30)28-18-8-6-17(27)7-9-18/h4-11,15-16,21-23H,2-3,12-13H2,1H3,(H,28,30)/t15?,16?,21-,22?,23?/m0/s1. The van der Waals surface area contributed by atoms with E-state index in [-0.39, 0.29) is 29.1 Å². The van der Waals surface area contributed by atoms with Crippen LogP contribution in [0, 0.1) is 23.6 Å². The Labute approximate surface area is 205 Å². The summed E-state index contributed by atoms with van der Waals surface area (Å²) in [4.78, 5) is 26.9. The van der Waals surface area contributed by atoms with E-state index in [1.54, 1.807) is 11.7 Å². The molecule has 1 amide bonds. The van der Waals surface area contributed by atoms with Crippen molar-refractivity contribution < 1.29 is 13.9 Å². The first-order valence-electron chi connectivity index (χ1n) is 11.6. The molecule has 5 atom stereocenters. The number of halogens is 1. The minimum atomic E-state index is -0.359. The van der Waals surface area contributed by atoms with Crippen molar-refractivity contribution in [1.29, 1.82) is 0 Å². The van der Waals surface area contributed by atoms with E-state index in [0.29, 0.717) is 28.7 Å². The molecule has 1 aliphatic heterocycles. The van der Waals surface area contributed by atoms with Crippen molar-refractivity contribution in [2.45, 2.75) is 42.0 Å². The van der Waals surface area contributed by atoms with Crippen LogP contribution in [-0.2, 0) is 11.3 Å². The molecule has 0 saturated heterocycles. The summed E-state index contributed by atoms with van der Waals surface area (Å²) in [5, 5.41) is 4.20. The van der Waals surface area contributed by atoms with Gasteiger partial charge in [0.15, 0.2) is 0 Å². The molecule has 5 nitrogen and oxygen atoms in total. The number of ether oxygens (including phenoxy) is 1. The summed E-state index contributed by atoms with van der Waals surface area (Å²) < 4.78 is 20.2. The smallest absolute Gasteiger partial charge is 0.308 e. The number of hydrogen-bond donors (Lipinski definition) is 1. The van der Waals surface area contributed by atoms with Crippen molar-refractivity contribution in [2.75, 3.05) is 12.4 Å². The first-order valence-corrected chi connectivity index (χ1v) is 13.3. The van der Waals surface area contributed by atoms with Crippen LogP contribution in [0.4, 0.5) is 10.1 Å². The Hall–Kier alpha value is -2.58. The maximum Gasteiger partial charge on any atom is 0.308 e. The summed E-state index contributed by atoms with van der Waals surface area (Å²) in [7, 11) is 1.67. The average molecular weight is 497 g/mol. The number of rotatable bonds is 5. The minimum Gasteiger partial charge on any atom is -0.497 e. The van der Waals surface area contributed by atoms with Gasteiger partial charge in [-0.15, -0.1) is 11.8 Å². The fourth-order valence-corrected chi connectivity index (χ4v) is 9.30. The van der Waals surface area contributed by atoms with E-state index in [4.69, 9.17) is 4.74 Å². The maximum atomic E-state index is 13.2. The van der Waals surface area contributed by atoms with Gasteiger partial charge in [-0.05, 0) is 79.0 Å². The molecule has 3 aromatic rings. The third-order valence-electron chi connectivity index (χ3n) is 7.60. The van der Waals surface area contributed by atoms with Crippen molar-refractivity contribution >= 4 is 34.7 Å². The minimum absolute atomic E-state index is 0.0458. The molecule has 0 spiro atoms. The number of aromatic nitrogens is 1. The Kier molecular flexibility index (Phi) is 5.53. The highest BCUT2D eigenvalue weighted by molar-refractivity contribution is 8.00. The average Bonchev–Trinajstić information content (AvgIpc) is 3.54. The molecule has 2 saturated carbocycles. The Bertz CT molecular complexity index is 1280. The fraction of sp³-hybridized carbons (Fsp3) is 0.385. The molecule has 2 bridgehead atoms. The molecule has 3 aliphatic rings. The molecule has 6 rings (SSSR count). The molecule has 2 aliphatic carbocycles. The van der Waals surface area contributed by atoms with E-state index in [1.807, 2.05) is 23.9 Å². The van der Waals surface area contributed by atoms with Crippen LogP contribution in [0.25, 0.3) is 0 Å². The number of fused-ring (bicyclic) bond motifs is 6. The number of amides is 1. The Morgan fingerprint density at radius 3 is 2.59 bits per heavy atom. The van der Waals surface area contributed by atoms with Crippen molar-refractivity contribution in [1.82, 2.24) is 4.57 Å². The van der Waals surface area contributed by atoms with Crippen LogP contribution in [0.3, 0.4) is 0 Å². The predicted molar refractivity (Wildman–Crippen MR) is 132 cm³/mol. The number of anilines is 1. The van der Waals surface area contributed by atoms with Crippen molar-refractivity contribution in [3.63, 3.8) is 0 Å². The van der Waals surface area contributed by atoms with Crippen molar-refractivity contribution in [3.8, 4) is 5.75 Å². The molecular formula is C26H25FN2O3S2. The lowest BCUT2D eigenvalue weighted by molar-refractivity contribution is -0.116. The zero-order valence-corrected chi connectivity index (χ0v) is 20.3. The van der Waals surface area contributed by atoms with E-state index < -0.39 is 0 Å². The SMILES string of the molecule is COc1ccc([C@@H]2c3sc(=O)n(CC(=O)Nc4ccc(F)cc4)c3SC3C4CCC(C4)C32)cc1. The lowest BCUT2D eigenvalue weighted by atomic mass is 9.75. The molecular weight excluding hydrogens is 471 g/mol. The van der Waals surface area contributed by atoms with E-state index in [2.05, 4.69) is 17.4 Å². The van der Waals surface area contributed by atoms with E-state index >= 15 is 0 Å². The number of hydrogen-bond acceptors (Lipinski definition) is 5.